The summed E-state index contributed by atoms with van der Waals surface area (Å²) in [6.45, 7) is 2.87. The highest BCUT2D eigenvalue weighted by Crippen LogP contribution is 2.26. The summed E-state index contributed by atoms with van der Waals surface area (Å²) in [6.07, 6.45) is 0.686. The van der Waals surface area contributed by atoms with Crippen molar-refractivity contribution in [1.82, 2.24) is 4.90 Å². The van der Waals surface area contributed by atoms with Crippen molar-refractivity contribution in [2.45, 2.75) is 25.9 Å². The van der Waals surface area contributed by atoms with Gasteiger partial charge in [-0.05, 0) is 31.2 Å². The molecule has 5 nitrogen and oxygen atoms in total. The lowest BCUT2D eigenvalue weighted by atomic mass is 9.96. The van der Waals surface area contributed by atoms with Gasteiger partial charge in [0.25, 0.3) is 5.91 Å². The van der Waals surface area contributed by atoms with E-state index in [1.54, 1.807) is 11.8 Å². The van der Waals surface area contributed by atoms with E-state index in [1.807, 2.05) is 42.5 Å². The fourth-order valence-corrected chi connectivity index (χ4v) is 3.18. The van der Waals surface area contributed by atoms with Crippen LogP contribution in [0.4, 0.5) is 0 Å². The minimum atomic E-state index is -0.569. The third kappa shape index (κ3) is 3.35. The Balaban J connectivity index is 1.67. The van der Waals surface area contributed by atoms with Crippen LogP contribution >= 0.6 is 0 Å². The van der Waals surface area contributed by atoms with Gasteiger partial charge in [-0.25, -0.2) is 0 Å². The second-order valence-electron chi connectivity index (χ2n) is 6.24. The molecule has 0 aliphatic carbocycles. The Labute approximate surface area is 141 Å². The number of primary amides is 1. The zero-order chi connectivity index (χ0) is 17.1. The van der Waals surface area contributed by atoms with E-state index in [0.29, 0.717) is 31.7 Å². The summed E-state index contributed by atoms with van der Waals surface area (Å²) in [4.78, 5) is 25.6. The summed E-state index contributed by atoms with van der Waals surface area (Å²) in [5.74, 6) is 0.261. The number of carbonyl (C=O) groups is 2. The van der Waals surface area contributed by atoms with Crippen LogP contribution in [0.2, 0.25) is 0 Å². The molecular formula is C19H22N2O3. The van der Waals surface area contributed by atoms with Crippen LogP contribution in [0.5, 0.6) is 5.75 Å². The van der Waals surface area contributed by atoms with Gasteiger partial charge in [0.15, 0.2) is 6.10 Å². The van der Waals surface area contributed by atoms with Crippen LogP contribution in [0.3, 0.4) is 0 Å². The van der Waals surface area contributed by atoms with E-state index in [-0.39, 0.29) is 17.7 Å². The molecule has 1 heterocycles. The number of nitrogens with two attached hydrogens (primary N) is 1. The smallest absolute Gasteiger partial charge is 0.263 e. The zero-order valence-corrected chi connectivity index (χ0v) is 13.8. The molecular weight excluding hydrogens is 304 g/mol. The molecule has 1 aliphatic rings. The lowest BCUT2D eigenvalue weighted by Crippen LogP contribution is -2.46. The van der Waals surface area contributed by atoms with E-state index in [1.165, 1.54) is 0 Å². The Morgan fingerprint density at radius 3 is 2.50 bits per heavy atom. The number of ether oxygens (including phenoxy) is 1. The number of nitrogens with zero attached hydrogens (tertiary/aromatic N) is 1. The number of amides is 2. The largest absolute Gasteiger partial charge is 0.480 e. The van der Waals surface area contributed by atoms with Gasteiger partial charge in [-0.1, -0.05) is 36.4 Å². The number of benzene rings is 2. The highest BCUT2D eigenvalue weighted by atomic mass is 16.5. The Morgan fingerprint density at radius 2 is 1.79 bits per heavy atom. The molecule has 2 aromatic rings. The van der Waals surface area contributed by atoms with Crippen LogP contribution in [0.1, 0.15) is 19.8 Å². The third-order valence-corrected chi connectivity index (χ3v) is 4.61. The molecule has 0 bridgehead atoms. The van der Waals surface area contributed by atoms with Gasteiger partial charge in [0.2, 0.25) is 5.91 Å². The first kappa shape index (κ1) is 16.3. The van der Waals surface area contributed by atoms with E-state index in [2.05, 4.69) is 0 Å². The standard InChI is InChI=1S/C19H22N2O3/c1-13(19(23)21-11-9-15(10-12-21)18(20)22)24-17-8-4-6-14-5-2-3-7-16(14)17/h2-8,13,15H,9-12H2,1H3,(H2,20,22)/t13-/m0/s1. The molecule has 1 atom stereocenters. The maximum atomic E-state index is 12.6. The molecule has 0 aromatic heterocycles. The molecule has 2 N–H and O–H groups in total. The highest BCUT2D eigenvalue weighted by molar-refractivity contribution is 5.89. The average molecular weight is 326 g/mol. The highest BCUT2D eigenvalue weighted by Gasteiger charge is 2.29. The van der Waals surface area contributed by atoms with Gasteiger partial charge in [-0.2, -0.15) is 0 Å². The molecule has 3 rings (SSSR count). The van der Waals surface area contributed by atoms with E-state index in [0.717, 1.165) is 10.8 Å². The van der Waals surface area contributed by atoms with Crippen LogP contribution in [-0.2, 0) is 9.59 Å². The van der Waals surface area contributed by atoms with Crippen LogP contribution in [0.15, 0.2) is 42.5 Å². The van der Waals surface area contributed by atoms with E-state index in [4.69, 9.17) is 10.5 Å². The summed E-state index contributed by atoms with van der Waals surface area (Å²) in [7, 11) is 0. The van der Waals surface area contributed by atoms with Crippen LogP contribution in [-0.4, -0.2) is 35.9 Å². The number of carbonyl (C=O) groups excluding carboxylic acids is 2. The number of hydrogen-bond donors (Lipinski definition) is 1. The summed E-state index contributed by atoms with van der Waals surface area (Å²) >= 11 is 0. The summed E-state index contributed by atoms with van der Waals surface area (Å²) in [5.41, 5.74) is 5.34. The molecule has 5 heteroatoms. The van der Waals surface area contributed by atoms with Crippen molar-refractivity contribution in [2.75, 3.05) is 13.1 Å². The first-order chi connectivity index (χ1) is 11.6. The van der Waals surface area contributed by atoms with Gasteiger partial charge in [0.05, 0.1) is 0 Å². The normalized spacial score (nSPS) is 16.8. The number of rotatable bonds is 4. The number of piperidine rings is 1. The molecule has 1 aliphatic heterocycles. The number of hydrogen-bond acceptors (Lipinski definition) is 3. The Morgan fingerprint density at radius 1 is 1.12 bits per heavy atom. The van der Waals surface area contributed by atoms with Crippen molar-refractivity contribution in [1.29, 1.82) is 0 Å². The molecule has 24 heavy (non-hydrogen) atoms. The van der Waals surface area contributed by atoms with Gasteiger partial charge >= 0.3 is 0 Å². The van der Waals surface area contributed by atoms with Crippen molar-refractivity contribution in [2.24, 2.45) is 11.7 Å². The van der Waals surface area contributed by atoms with Crippen molar-refractivity contribution in [3.8, 4) is 5.75 Å². The molecule has 1 fully saturated rings. The second kappa shape index (κ2) is 6.91. The zero-order valence-electron chi connectivity index (χ0n) is 13.8. The maximum Gasteiger partial charge on any atom is 0.263 e. The molecule has 0 radical (unpaired) electrons. The topological polar surface area (TPSA) is 72.6 Å². The monoisotopic (exact) mass is 326 g/mol. The predicted octanol–water partition coefficient (Wildman–Crippen LogP) is 2.33. The van der Waals surface area contributed by atoms with Crippen molar-refractivity contribution < 1.29 is 14.3 Å². The predicted molar refractivity (Wildman–Crippen MR) is 92.5 cm³/mol. The Kier molecular flexibility index (Phi) is 4.69. The fourth-order valence-electron chi connectivity index (χ4n) is 3.18. The third-order valence-electron chi connectivity index (χ3n) is 4.61. The molecule has 126 valence electrons. The van der Waals surface area contributed by atoms with Gasteiger partial charge in [0, 0.05) is 24.4 Å². The van der Waals surface area contributed by atoms with Crippen molar-refractivity contribution >= 4 is 22.6 Å². The summed E-state index contributed by atoms with van der Waals surface area (Å²) < 4.78 is 5.93. The minimum Gasteiger partial charge on any atom is -0.480 e. The fraction of sp³-hybridized carbons (Fsp3) is 0.368. The van der Waals surface area contributed by atoms with Crippen LogP contribution < -0.4 is 10.5 Å². The van der Waals surface area contributed by atoms with Crippen molar-refractivity contribution in [3.63, 3.8) is 0 Å². The second-order valence-corrected chi connectivity index (χ2v) is 6.24. The quantitative estimate of drug-likeness (QED) is 0.937. The number of fused-ring (bicyclic) bond motifs is 1. The van der Waals surface area contributed by atoms with E-state index >= 15 is 0 Å². The minimum absolute atomic E-state index is 0.0501. The Bertz CT molecular complexity index is 746. The van der Waals surface area contributed by atoms with E-state index < -0.39 is 6.10 Å². The van der Waals surface area contributed by atoms with Gasteiger partial charge in [-0.3, -0.25) is 9.59 Å². The summed E-state index contributed by atoms with van der Waals surface area (Å²) in [6, 6.07) is 13.8. The van der Waals surface area contributed by atoms with Crippen LogP contribution in [0.25, 0.3) is 10.8 Å². The Hall–Kier alpha value is -2.56. The van der Waals surface area contributed by atoms with Gasteiger partial charge in [0.1, 0.15) is 5.75 Å². The van der Waals surface area contributed by atoms with Crippen LogP contribution in [0, 0.1) is 5.92 Å². The molecule has 2 amide bonds. The molecule has 0 unspecified atom stereocenters. The number of likely N-dealkylation sites (tertiary alicyclic amines) is 1. The van der Waals surface area contributed by atoms with Gasteiger partial charge in [-0.15, -0.1) is 0 Å². The molecule has 0 spiro atoms. The average Bonchev–Trinajstić information content (AvgIpc) is 2.61. The van der Waals surface area contributed by atoms with Gasteiger partial charge < -0.3 is 15.4 Å². The summed E-state index contributed by atoms with van der Waals surface area (Å²) in [5, 5.41) is 2.07. The maximum absolute atomic E-state index is 12.6. The first-order valence-corrected chi connectivity index (χ1v) is 8.29. The molecule has 2 aromatic carbocycles. The van der Waals surface area contributed by atoms with Crippen molar-refractivity contribution in [3.05, 3.63) is 42.5 Å². The molecule has 0 saturated carbocycles. The lowest BCUT2D eigenvalue weighted by molar-refractivity contribution is -0.140. The molecule has 1 saturated heterocycles. The van der Waals surface area contributed by atoms with E-state index in [9.17, 15) is 9.59 Å². The SMILES string of the molecule is C[C@H](Oc1cccc2ccccc12)C(=O)N1CCC(C(N)=O)CC1. The lowest BCUT2D eigenvalue weighted by Gasteiger charge is -2.32. The first-order valence-electron chi connectivity index (χ1n) is 8.29.